The third-order valence-corrected chi connectivity index (χ3v) is 6.78. The molecule has 0 aliphatic heterocycles. The number of hydrogen-bond acceptors (Lipinski definition) is 9. The molecule has 0 saturated heterocycles. The van der Waals surface area contributed by atoms with Gasteiger partial charge in [0.15, 0.2) is 5.82 Å². The van der Waals surface area contributed by atoms with Gasteiger partial charge in [-0.3, -0.25) is 19.6 Å². The van der Waals surface area contributed by atoms with Crippen LogP contribution in [0.2, 0.25) is 0 Å². The SMILES string of the molecule is O=C(Cc1ccccn1)Nc1ccc([C@H]2C[C@@H](Cc3nnc(NC(=O)Cc4ccccn4)s3)C2)nn1. The van der Waals surface area contributed by atoms with Gasteiger partial charge in [-0.2, -0.15) is 5.10 Å². The molecule has 4 aromatic heterocycles. The average Bonchev–Trinajstić information content (AvgIpc) is 3.29. The van der Waals surface area contributed by atoms with Crippen LogP contribution in [0, 0.1) is 5.92 Å². The van der Waals surface area contributed by atoms with Crippen LogP contribution in [0.4, 0.5) is 10.9 Å². The minimum Gasteiger partial charge on any atom is -0.309 e. The highest BCUT2D eigenvalue weighted by Gasteiger charge is 2.32. The standard InChI is InChI=1S/C25H24N8O2S/c34-22(14-18-5-1-3-9-26-18)28-21-8-7-20(30-31-21)17-11-16(12-17)13-24-32-33-25(36-24)29-23(35)15-19-6-2-4-10-27-19/h1-10,16-17H,11-15H2,(H,28,31,34)(H,29,33,35)/t16-,17+. The molecule has 1 aliphatic carbocycles. The van der Waals surface area contributed by atoms with Gasteiger partial charge in [-0.25, -0.2) is 0 Å². The van der Waals surface area contributed by atoms with Crippen LogP contribution in [0.3, 0.4) is 0 Å². The van der Waals surface area contributed by atoms with E-state index in [1.54, 1.807) is 18.5 Å². The summed E-state index contributed by atoms with van der Waals surface area (Å²) in [4.78, 5) is 32.7. The van der Waals surface area contributed by atoms with Crippen molar-refractivity contribution >= 4 is 34.1 Å². The van der Waals surface area contributed by atoms with E-state index < -0.39 is 0 Å². The van der Waals surface area contributed by atoms with Gasteiger partial charge >= 0.3 is 0 Å². The fourth-order valence-corrected chi connectivity index (χ4v) is 4.96. The van der Waals surface area contributed by atoms with E-state index in [2.05, 4.69) is 41.0 Å². The molecule has 2 N–H and O–H groups in total. The molecule has 182 valence electrons. The Balaban J connectivity index is 1.05. The Morgan fingerprint density at radius 2 is 1.50 bits per heavy atom. The molecular formula is C25H24N8O2S. The van der Waals surface area contributed by atoms with E-state index in [4.69, 9.17) is 0 Å². The first kappa shape index (κ1) is 23.6. The van der Waals surface area contributed by atoms with Crippen LogP contribution < -0.4 is 10.6 Å². The Bertz CT molecular complexity index is 1310. The van der Waals surface area contributed by atoms with Gasteiger partial charge in [0.1, 0.15) is 5.01 Å². The molecule has 0 unspecified atom stereocenters. The quantitative estimate of drug-likeness (QED) is 0.358. The third kappa shape index (κ3) is 6.30. The van der Waals surface area contributed by atoms with Crippen molar-refractivity contribution in [1.82, 2.24) is 30.4 Å². The van der Waals surface area contributed by atoms with Gasteiger partial charge in [0.05, 0.1) is 18.5 Å². The molecule has 1 aliphatic rings. The van der Waals surface area contributed by atoms with Crippen LogP contribution in [0.5, 0.6) is 0 Å². The van der Waals surface area contributed by atoms with Gasteiger partial charge in [-0.05, 0) is 55.2 Å². The van der Waals surface area contributed by atoms with E-state index in [0.717, 1.165) is 30.0 Å². The predicted molar refractivity (Wildman–Crippen MR) is 134 cm³/mol. The summed E-state index contributed by atoms with van der Waals surface area (Å²) in [5.41, 5.74) is 2.34. The molecule has 5 rings (SSSR count). The first-order chi connectivity index (χ1) is 17.6. The van der Waals surface area contributed by atoms with Crippen molar-refractivity contribution in [1.29, 1.82) is 0 Å². The lowest BCUT2D eigenvalue weighted by molar-refractivity contribution is -0.116. The fraction of sp³-hybridized carbons (Fsp3) is 0.280. The summed E-state index contributed by atoms with van der Waals surface area (Å²) < 4.78 is 0. The zero-order chi connectivity index (χ0) is 24.7. The lowest BCUT2D eigenvalue weighted by Crippen LogP contribution is -2.25. The van der Waals surface area contributed by atoms with Crippen molar-refractivity contribution in [3.63, 3.8) is 0 Å². The van der Waals surface area contributed by atoms with E-state index >= 15 is 0 Å². The normalized spacial score (nSPS) is 16.7. The summed E-state index contributed by atoms with van der Waals surface area (Å²) >= 11 is 1.41. The lowest BCUT2D eigenvalue weighted by atomic mass is 9.72. The van der Waals surface area contributed by atoms with Crippen LogP contribution in [-0.4, -0.2) is 42.2 Å². The van der Waals surface area contributed by atoms with Crippen molar-refractivity contribution < 1.29 is 9.59 Å². The number of carbonyl (C=O) groups is 2. The molecule has 2 amide bonds. The Morgan fingerprint density at radius 3 is 2.11 bits per heavy atom. The van der Waals surface area contributed by atoms with Crippen molar-refractivity contribution in [2.45, 2.75) is 38.0 Å². The summed E-state index contributed by atoms with van der Waals surface area (Å²) in [6.45, 7) is 0. The molecular weight excluding hydrogens is 476 g/mol. The second-order valence-electron chi connectivity index (χ2n) is 8.67. The highest BCUT2D eigenvalue weighted by atomic mass is 32.1. The van der Waals surface area contributed by atoms with E-state index in [0.29, 0.717) is 34.2 Å². The Kier molecular flexibility index (Phi) is 7.27. The maximum Gasteiger partial charge on any atom is 0.232 e. The maximum atomic E-state index is 12.2. The zero-order valence-corrected chi connectivity index (χ0v) is 20.2. The van der Waals surface area contributed by atoms with Gasteiger partial charge in [0.2, 0.25) is 16.9 Å². The summed E-state index contributed by atoms with van der Waals surface area (Å²) in [6, 6.07) is 14.7. The molecule has 0 radical (unpaired) electrons. The fourth-order valence-electron chi connectivity index (χ4n) is 4.09. The van der Waals surface area contributed by atoms with Gasteiger partial charge in [0, 0.05) is 36.1 Å². The van der Waals surface area contributed by atoms with Crippen molar-refractivity contribution in [3.8, 4) is 0 Å². The molecule has 10 nitrogen and oxygen atoms in total. The van der Waals surface area contributed by atoms with E-state index in [1.165, 1.54) is 11.3 Å². The molecule has 0 atom stereocenters. The van der Waals surface area contributed by atoms with Gasteiger partial charge < -0.3 is 10.6 Å². The topological polar surface area (TPSA) is 136 Å². The van der Waals surface area contributed by atoms with E-state index in [1.807, 2.05) is 42.5 Å². The number of hydrogen-bond donors (Lipinski definition) is 2. The van der Waals surface area contributed by atoms with Crippen molar-refractivity contribution in [2.75, 3.05) is 10.6 Å². The number of aromatic nitrogens is 6. The van der Waals surface area contributed by atoms with Crippen LogP contribution in [0.25, 0.3) is 0 Å². The van der Waals surface area contributed by atoms with Gasteiger partial charge in [-0.15, -0.1) is 15.3 Å². The second kappa shape index (κ2) is 11.1. The number of carbonyl (C=O) groups excluding carboxylic acids is 2. The molecule has 0 spiro atoms. The van der Waals surface area contributed by atoms with Gasteiger partial charge in [-0.1, -0.05) is 23.5 Å². The second-order valence-corrected chi connectivity index (χ2v) is 9.74. The van der Waals surface area contributed by atoms with Crippen LogP contribution in [0.1, 0.15) is 40.8 Å². The average molecular weight is 501 g/mol. The number of anilines is 2. The molecule has 4 aromatic rings. The minimum atomic E-state index is -0.177. The summed E-state index contributed by atoms with van der Waals surface area (Å²) in [5.74, 6) is 0.923. The summed E-state index contributed by atoms with van der Waals surface area (Å²) in [5, 5.41) is 23.8. The Labute approximate surface area is 211 Å². The number of pyridine rings is 2. The number of nitrogens with one attached hydrogen (secondary N) is 2. The molecule has 0 aromatic carbocycles. The highest BCUT2D eigenvalue weighted by molar-refractivity contribution is 7.15. The Morgan fingerprint density at radius 1 is 0.806 bits per heavy atom. The lowest BCUT2D eigenvalue weighted by Gasteiger charge is -2.34. The maximum absolute atomic E-state index is 12.2. The number of rotatable bonds is 9. The molecule has 0 bridgehead atoms. The number of amides is 2. The monoisotopic (exact) mass is 500 g/mol. The first-order valence-corrected chi connectivity index (χ1v) is 12.5. The van der Waals surface area contributed by atoms with Crippen molar-refractivity contribution in [3.05, 3.63) is 83.0 Å². The highest BCUT2D eigenvalue weighted by Crippen LogP contribution is 2.42. The predicted octanol–water partition coefficient (Wildman–Crippen LogP) is 3.22. The number of nitrogens with zero attached hydrogens (tertiary/aromatic N) is 6. The first-order valence-electron chi connectivity index (χ1n) is 11.7. The van der Waals surface area contributed by atoms with E-state index in [9.17, 15) is 9.59 Å². The van der Waals surface area contributed by atoms with Crippen LogP contribution >= 0.6 is 11.3 Å². The van der Waals surface area contributed by atoms with E-state index in [-0.39, 0.29) is 24.7 Å². The van der Waals surface area contributed by atoms with Crippen LogP contribution in [-0.2, 0) is 28.9 Å². The molecule has 1 saturated carbocycles. The smallest absolute Gasteiger partial charge is 0.232 e. The molecule has 1 fully saturated rings. The molecule has 36 heavy (non-hydrogen) atoms. The van der Waals surface area contributed by atoms with Crippen LogP contribution in [0.15, 0.2) is 60.9 Å². The minimum absolute atomic E-state index is 0.157. The summed E-state index contributed by atoms with van der Waals surface area (Å²) in [7, 11) is 0. The third-order valence-electron chi connectivity index (χ3n) is 5.92. The molecule has 4 heterocycles. The largest absolute Gasteiger partial charge is 0.309 e. The molecule has 11 heteroatoms. The van der Waals surface area contributed by atoms with Gasteiger partial charge in [0.25, 0.3) is 0 Å². The van der Waals surface area contributed by atoms with Crippen molar-refractivity contribution in [2.24, 2.45) is 5.92 Å². The zero-order valence-electron chi connectivity index (χ0n) is 19.4. The summed E-state index contributed by atoms with van der Waals surface area (Å²) in [6.07, 6.45) is 6.52. The Hall–Kier alpha value is -4.12.